The van der Waals surface area contributed by atoms with Gasteiger partial charge in [0.2, 0.25) is 5.91 Å². The summed E-state index contributed by atoms with van der Waals surface area (Å²) >= 11 is 0. The highest BCUT2D eigenvalue weighted by atomic mass is 16.2. The van der Waals surface area contributed by atoms with E-state index in [-0.39, 0.29) is 5.91 Å². The van der Waals surface area contributed by atoms with Gasteiger partial charge in [-0.25, -0.2) is 0 Å². The van der Waals surface area contributed by atoms with E-state index >= 15 is 0 Å². The molecule has 2 aliphatic carbocycles. The Kier molecular flexibility index (Phi) is 2.80. The highest BCUT2D eigenvalue weighted by Gasteiger charge is 2.53. The molecule has 0 aromatic carbocycles. The molecule has 2 atom stereocenters. The molecule has 2 N–H and O–H groups in total. The van der Waals surface area contributed by atoms with E-state index in [1.165, 1.54) is 12.8 Å². The van der Waals surface area contributed by atoms with Crippen LogP contribution >= 0.6 is 0 Å². The number of carbonyl (C=O) groups excluding carboxylic acids is 1. The molecule has 3 rings (SSSR count). The van der Waals surface area contributed by atoms with Crippen LogP contribution in [0, 0.1) is 10.8 Å². The molecule has 3 nitrogen and oxygen atoms in total. The van der Waals surface area contributed by atoms with E-state index in [0.717, 1.165) is 38.6 Å². The fourth-order valence-corrected chi connectivity index (χ4v) is 5.20. The minimum absolute atomic E-state index is 0.247. The number of likely N-dealkylation sites (tertiary alicyclic amines) is 1. The van der Waals surface area contributed by atoms with Crippen LogP contribution in [0.4, 0.5) is 0 Å². The molecule has 0 spiro atoms. The highest BCUT2D eigenvalue weighted by Crippen LogP contribution is 2.53. The molecule has 1 heterocycles. The molecule has 19 heavy (non-hydrogen) atoms. The standard InChI is InChI=1S/C16H28N2O/c1-14(2)8-12-9-15(3,10-14)11-18(12)13(19)16(17)6-4-5-7-16/h12H,4-11,17H2,1-3H3. The molecule has 3 heteroatoms. The summed E-state index contributed by atoms with van der Waals surface area (Å²) < 4.78 is 0. The fourth-order valence-electron chi connectivity index (χ4n) is 5.20. The number of hydrogen-bond acceptors (Lipinski definition) is 2. The summed E-state index contributed by atoms with van der Waals surface area (Å²) in [5, 5.41) is 0. The first-order valence-electron chi connectivity index (χ1n) is 7.83. The Balaban J connectivity index is 1.82. The van der Waals surface area contributed by atoms with Crippen LogP contribution in [0.2, 0.25) is 0 Å². The summed E-state index contributed by atoms with van der Waals surface area (Å²) in [5.41, 5.74) is 6.52. The zero-order chi connectivity index (χ0) is 13.9. The van der Waals surface area contributed by atoms with Gasteiger partial charge in [0.1, 0.15) is 0 Å². The smallest absolute Gasteiger partial charge is 0.242 e. The maximum atomic E-state index is 12.9. The van der Waals surface area contributed by atoms with Crippen LogP contribution in [0.3, 0.4) is 0 Å². The molecule has 108 valence electrons. The Morgan fingerprint density at radius 3 is 2.42 bits per heavy atom. The van der Waals surface area contributed by atoms with Gasteiger partial charge < -0.3 is 10.6 Å². The molecular formula is C16H28N2O. The largest absolute Gasteiger partial charge is 0.338 e. The van der Waals surface area contributed by atoms with Crippen LogP contribution in [-0.4, -0.2) is 28.9 Å². The number of fused-ring (bicyclic) bond motifs is 2. The van der Waals surface area contributed by atoms with Gasteiger partial charge >= 0.3 is 0 Å². The van der Waals surface area contributed by atoms with Crippen molar-refractivity contribution in [2.24, 2.45) is 16.6 Å². The summed E-state index contributed by atoms with van der Waals surface area (Å²) in [4.78, 5) is 15.0. The quantitative estimate of drug-likeness (QED) is 0.791. The van der Waals surface area contributed by atoms with Crippen molar-refractivity contribution in [1.29, 1.82) is 0 Å². The molecule has 2 unspecified atom stereocenters. The van der Waals surface area contributed by atoms with E-state index in [4.69, 9.17) is 5.73 Å². The number of hydrogen-bond donors (Lipinski definition) is 1. The Morgan fingerprint density at radius 2 is 1.79 bits per heavy atom. The van der Waals surface area contributed by atoms with Crippen LogP contribution in [-0.2, 0) is 4.79 Å². The summed E-state index contributed by atoms with van der Waals surface area (Å²) in [7, 11) is 0. The van der Waals surface area contributed by atoms with Gasteiger partial charge in [0.05, 0.1) is 5.54 Å². The minimum atomic E-state index is -0.544. The first kappa shape index (κ1) is 13.4. The van der Waals surface area contributed by atoms with Crippen molar-refractivity contribution >= 4 is 5.91 Å². The van der Waals surface area contributed by atoms with Gasteiger partial charge in [0.15, 0.2) is 0 Å². The third-order valence-electron chi connectivity index (χ3n) is 5.60. The van der Waals surface area contributed by atoms with Crippen molar-refractivity contribution in [2.75, 3.05) is 6.54 Å². The molecular weight excluding hydrogens is 236 g/mol. The Bertz CT molecular complexity index is 398. The average Bonchev–Trinajstić information content (AvgIpc) is 2.79. The molecule has 0 radical (unpaired) electrons. The van der Waals surface area contributed by atoms with Gasteiger partial charge in [0.25, 0.3) is 0 Å². The molecule has 2 bridgehead atoms. The van der Waals surface area contributed by atoms with Crippen LogP contribution in [0.5, 0.6) is 0 Å². The molecule has 1 saturated heterocycles. The first-order chi connectivity index (χ1) is 8.73. The molecule has 0 aromatic heterocycles. The fraction of sp³-hybridized carbons (Fsp3) is 0.938. The number of amides is 1. The zero-order valence-corrected chi connectivity index (χ0v) is 12.7. The van der Waals surface area contributed by atoms with Gasteiger partial charge in [-0.05, 0) is 42.9 Å². The number of carbonyl (C=O) groups is 1. The molecule has 2 saturated carbocycles. The summed E-state index contributed by atoms with van der Waals surface area (Å²) in [5.74, 6) is 0.247. The number of nitrogens with zero attached hydrogens (tertiary/aromatic N) is 1. The second-order valence-corrected chi connectivity index (χ2v) is 8.51. The van der Waals surface area contributed by atoms with Crippen LogP contribution in [0.15, 0.2) is 0 Å². The average molecular weight is 264 g/mol. The van der Waals surface area contributed by atoms with Gasteiger partial charge in [-0.15, -0.1) is 0 Å². The maximum Gasteiger partial charge on any atom is 0.242 e. The topological polar surface area (TPSA) is 46.3 Å². The summed E-state index contributed by atoms with van der Waals surface area (Å²) in [6.45, 7) is 7.98. The van der Waals surface area contributed by atoms with Gasteiger partial charge in [-0.3, -0.25) is 4.79 Å². The van der Waals surface area contributed by atoms with E-state index in [2.05, 4.69) is 25.7 Å². The SMILES string of the molecule is CC1(C)CC2CC(C)(CN2C(=O)C2(N)CCCC2)C1. The van der Waals surface area contributed by atoms with E-state index in [1.807, 2.05) is 0 Å². The molecule has 1 aliphatic heterocycles. The van der Waals surface area contributed by atoms with E-state index in [9.17, 15) is 4.79 Å². The lowest BCUT2D eigenvalue weighted by Gasteiger charge is -2.40. The van der Waals surface area contributed by atoms with Crippen molar-refractivity contribution in [3.63, 3.8) is 0 Å². The predicted octanol–water partition coefficient (Wildman–Crippen LogP) is 2.69. The molecule has 1 amide bonds. The third-order valence-corrected chi connectivity index (χ3v) is 5.60. The summed E-state index contributed by atoms with van der Waals surface area (Å²) in [6, 6.07) is 0.433. The van der Waals surface area contributed by atoms with E-state index < -0.39 is 5.54 Å². The maximum absolute atomic E-state index is 12.9. The third kappa shape index (κ3) is 2.20. The van der Waals surface area contributed by atoms with Crippen molar-refractivity contribution in [3.05, 3.63) is 0 Å². The van der Waals surface area contributed by atoms with Crippen molar-refractivity contribution in [2.45, 2.75) is 77.3 Å². The lowest BCUT2D eigenvalue weighted by atomic mass is 9.65. The molecule has 3 aliphatic rings. The normalized spacial score (nSPS) is 39.6. The lowest BCUT2D eigenvalue weighted by molar-refractivity contribution is -0.138. The van der Waals surface area contributed by atoms with Crippen LogP contribution in [0.1, 0.15) is 65.7 Å². The van der Waals surface area contributed by atoms with Gasteiger partial charge in [-0.1, -0.05) is 33.6 Å². The van der Waals surface area contributed by atoms with Crippen molar-refractivity contribution in [1.82, 2.24) is 4.90 Å². The Morgan fingerprint density at radius 1 is 1.16 bits per heavy atom. The summed E-state index contributed by atoms with van der Waals surface area (Å²) in [6.07, 6.45) is 7.55. The van der Waals surface area contributed by atoms with Crippen LogP contribution in [0.25, 0.3) is 0 Å². The van der Waals surface area contributed by atoms with E-state index in [1.54, 1.807) is 0 Å². The predicted molar refractivity (Wildman–Crippen MR) is 76.6 cm³/mol. The number of rotatable bonds is 1. The zero-order valence-electron chi connectivity index (χ0n) is 12.7. The monoisotopic (exact) mass is 264 g/mol. The van der Waals surface area contributed by atoms with Gasteiger partial charge in [-0.2, -0.15) is 0 Å². The van der Waals surface area contributed by atoms with Crippen molar-refractivity contribution < 1.29 is 4.79 Å². The number of nitrogens with two attached hydrogens (primary N) is 1. The van der Waals surface area contributed by atoms with E-state index in [0.29, 0.717) is 16.9 Å². The highest BCUT2D eigenvalue weighted by molar-refractivity contribution is 5.87. The Hall–Kier alpha value is -0.570. The lowest BCUT2D eigenvalue weighted by Crippen LogP contribution is -2.55. The molecule has 0 aromatic rings. The minimum Gasteiger partial charge on any atom is -0.338 e. The first-order valence-corrected chi connectivity index (χ1v) is 7.83. The second-order valence-electron chi connectivity index (χ2n) is 8.51. The van der Waals surface area contributed by atoms with Crippen molar-refractivity contribution in [3.8, 4) is 0 Å². The van der Waals surface area contributed by atoms with Gasteiger partial charge in [0, 0.05) is 12.6 Å². The molecule has 3 fully saturated rings. The Labute approximate surface area is 116 Å². The second kappa shape index (κ2) is 3.97. The van der Waals surface area contributed by atoms with Crippen LogP contribution < -0.4 is 5.73 Å².